The van der Waals surface area contributed by atoms with Crippen LogP contribution in [0.3, 0.4) is 0 Å². The van der Waals surface area contributed by atoms with E-state index in [1.807, 2.05) is 29.2 Å². The maximum Gasteiger partial charge on any atom is 0.416 e. The summed E-state index contributed by atoms with van der Waals surface area (Å²) in [5, 5.41) is 0. The van der Waals surface area contributed by atoms with Gasteiger partial charge >= 0.3 is 6.18 Å². The lowest BCUT2D eigenvalue weighted by Crippen LogP contribution is -2.54. The zero-order valence-corrected chi connectivity index (χ0v) is 15.4. The molecule has 3 fully saturated rings. The number of ketones is 1. The molecular formula is C20H17BrF3NO. The van der Waals surface area contributed by atoms with Crippen LogP contribution in [0.5, 0.6) is 0 Å². The maximum absolute atomic E-state index is 13.2. The van der Waals surface area contributed by atoms with Crippen LogP contribution < -0.4 is 4.90 Å². The zero-order valence-electron chi connectivity index (χ0n) is 13.8. The van der Waals surface area contributed by atoms with Gasteiger partial charge in [0.25, 0.3) is 0 Å². The van der Waals surface area contributed by atoms with Gasteiger partial charge in [-0.15, -0.1) is 0 Å². The number of carbonyl (C=O) groups is 1. The molecule has 2 heterocycles. The number of anilines is 1. The van der Waals surface area contributed by atoms with Crippen molar-refractivity contribution in [3.8, 4) is 0 Å². The number of nitrogens with zero attached hydrogens (tertiary/aromatic N) is 1. The molecule has 0 spiro atoms. The number of fused-ring (bicyclic) bond motifs is 3. The molecule has 2 aromatic rings. The van der Waals surface area contributed by atoms with Crippen LogP contribution >= 0.6 is 15.9 Å². The fourth-order valence-electron chi connectivity index (χ4n) is 4.28. The molecule has 2 nitrogen and oxygen atoms in total. The highest BCUT2D eigenvalue weighted by molar-refractivity contribution is 9.10. The van der Waals surface area contributed by atoms with Crippen molar-refractivity contribution in [2.75, 3.05) is 4.90 Å². The molecule has 0 N–H and O–H groups in total. The van der Waals surface area contributed by atoms with E-state index in [1.165, 1.54) is 12.1 Å². The first-order valence-corrected chi connectivity index (χ1v) is 9.37. The fraction of sp³-hybridized carbons (Fsp3) is 0.350. The van der Waals surface area contributed by atoms with Gasteiger partial charge in [0.2, 0.25) is 0 Å². The van der Waals surface area contributed by atoms with Crippen molar-refractivity contribution in [3.63, 3.8) is 0 Å². The number of piperidine rings is 2. The average molecular weight is 424 g/mol. The van der Waals surface area contributed by atoms with Gasteiger partial charge in [0, 0.05) is 28.5 Å². The molecule has 3 aliphatic rings. The topological polar surface area (TPSA) is 20.3 Å². The Balaban J connectivity index is 1.80. The third-order valence-electron chi connectivity index (χ3n) is 5.42. The van der Waals surface area contributed by atoms with Crippen LogP contribution in [-0.4, -0.2) is 11.8 Å². The second-order valence-corrected chi connectivity index (χ2v) is 7.88. The Morgan fingerprint density at radius 2 is 1.77 bits per heavy atom. The first kappa shape index (κ1) is 17.6. The normalized spacial score (nSPS) is 25.6. The number of halogens is 4. The minimum absolute atomic E-state index is 0.0513. The van der Waals surface area contributed by atoms with Crippen molar-refractivity contribution in [1.82, 2.24) is 0 Å². The summed E-state index contributed by atoms with van der Waals surface area (Å²) in [7, 11) is 0. The Hall–Kier alpha value is -1.82. The summed E-state index contributed by atoms with van der Waals surface area (Å²) in [6, 6.07) is 12.9. The lowest BCUT2D eigenvalue weighted by Gasteiger charge is -2.52. The highest BCUT2D eigenvalue weighted by atomic mass is 79.9. The first-order chi connectivity index (χ1) is 12.3. The molecule has 3 atom stereocenters. The van der Waals surface area contributed by atoms with Gasteiger partial charge in [0.15, 0.2) is 0 Å². The first-order valence-electron chi connectivity index (χ1n) is 8.58. The van der Waals surface area contributed by atoms with Crippen LogP contribution in [0.4, 0.5) is 18.9 Å². The molecule has 0 unspecified atom stereocenters. The van der Waals surface area contributed by atoms with E-state index < -0.39 is 11.7 Å². The van der Waals surface area contributed by atoms with Gasteiger partial charge in [-0.2, -0.15) is 13.2 Å². The van der Waals surface area contributed by atoms with Gasteiger partial charge in [-0.25, -0.2) is 0 Å². The highest BCUT2D eigenvalue weighted by Crippen LogP contribution is 2.48. The van der Waals surface area contributed by atoms with E-state index in [1.54, 1.807) is 6.07 Å². The zero-order chi connectivity index (χ0) is 18.5. The molecule has 136 valence electrons. The summed E-state index contributed by atoms with van der Waals surface area (Å²) < 4.78 is 40.4. The van der Waals surface area contributed by atoms with Crippen molar-refractivity contribution in [2.24, 2.45) is 5.92 Å². The van der Waals surface area contributed by atoms with E-state index in [0.29, 0.717) is 12.1 Å². The van der Waals surface area contributed by atoms with Gasteiger partial charge in [-0.1, -0.05) is 34.1 Å². The van der Waals surface area contributed by atoms with E-state index in [9.17, 15) is 18.0 Å². The lowest BCUT2D eigenvalue weighted by atomic mass is 9.71. The van der Waals surface area contributed by atoms with Gasteiger partial charge in [-0.3, -0.25) is 4.79 Å². The molecule has 0 amide bonds. The molecule has 2 saturated heterocycles. The standard InChI is InChI=1S/C20H17BrF3NO/c21-14-6-4-12(5-7-14)19-17-9-8-16(11-18(17)26)25(19)15-3-1-2-13(10-15)20(22,23)24/h1-7,10,16-17,19H,8-9,11H2/t16-,17+,19-/m0/s1. The monoisotopic (exact) mass is 423 g/mol. The van der Waals surface area contributed by atoms with Gasteiger partial charge in [0.05, 0.1) is 11.6 Å². The number of rotatable bonds is 2. The summed E-state index contributed by atoms with van der Waals surface area (Å²) in [4.78, 5) is 14.5. The molecular weight excluding hydrogens is 407 g/mol. The van der Waals surface area contributed by atoms with Crippen molar-refractivity contribution in [3.05, 3.63) is 64.1 Å². The summed E-state index contributed by atoms with van der Waals surface area (Å²) in [5.41, 5.74) is 0.848. The third kappa shape index (κ3) is 3.04. The number of carbonyl (C=O) groups excluding carboxylic acids is 1. The molecule has 0 radical (unpaired) electrons. The minimum atomic E-state index is -4.38. The molecule has 2 bridgehead atoms. The second kappa shape index (κ2) is 6.41. The van der Waals surface area contributed by atoms with E-state index in [0.717, 1.165) is 28.9 Å². The average Bonchev–Trinajstić information content (AvgIpc) is 2.61. The van der Waals surface area contributed by atoms with Crippen molar-refractivity contribution in [1.29, 1.82) is 0 Å². The number of hydrogen-bond acceptors (Lipinski definition) is 2. The summed E-state index contributed by atoms with van der Waals surface area (Å²) in [6.45, 7) is 0. The number of alkyl halides is 3. The molecule has 26 heavy (non-hydrogen) atoms. The number of hydrogen-bond donors (Lipinski definition) is 0. The maximum atomic E-state index is 13.2. The van der Waals surface area contributed by atoms with Crippen molar-refractivity contribution in [2.45, 2.75) is 37.5 Å². The quantitative estimate of drug-likeness (QED) is 0.611. The van der Waals surface area contributed by atoms with Crippen LogP contribution in [-0.2, 0) is 11.0 Å². The van der Waals surface area contributed by atoms with Crippen LogP contribution in [0.2, 0.25) is 0 Å². The van der Waals surface area contributed by atoms with Crippen LogP contribution in [0, 0.1) is 5.92 Å². The van der Waals surface area contributed by atoms with E-state index in [4.69, 9.17) is 0 Å². The second-order valence-electron chi connectivity index (χ2n) is 6.96. The fourth-order valence-corrected chi connectivity index (χ4v) is 4.54. The summed E-state index contributed by atoms with van der Waals surface area (Å²) in [6.07, 6.45) is -2.35. The predicted octanol–water partition coefficient (Wildman–Crippen LogP) is 5.77. The Morgan fingerprint density at radius 1 is 1.04 bits per heavy atom. The Morgan fingerprint density at radius 3 is 2.42 bits per heavy atom. The molecule has 2 aliphatic heterocycles. The SMILES string of the molecule is O=C1C[C@@H]2CC[C@H]1[C@H](c1ccc(Br)cc1)N2c1cccc(C(F)(F)F)c1. The van der Waals surface area contributed by atoms with E-state index >= 15 is 0 Å². The van der Waals surface area contributed by atoms with Crippen LogP contribution in [0.25, 0.3) is 0 Å². The van der Waals surface area contributed by atoms with Crippen LogP contribution in [0.15, 0.2) is 53.0 Å². The minimum Gasteiger partial charge on any atom is -0.360 e. The molecule has 0 aromatic heterocycles. The van der Waals surface area contributed by atoms with Gasteiger partial charge in [0.1, 0.15) is 5.78 Å². The van der Waals surface area contributed by atoms with E-state index in [-0.39, 0.29) is 23.8 Å². The number of Topliss-reactive ketones (excluding diaryl/α,β-unsaturated/α-hetero) is 1. The van der Waals surface area contributed by atoms with Crippen molar-refractivity contribution < 1.29 is 18.0 Å². The summed E-state index contributed by atoms with van der Waals surface area (Å²) in [5.74, 6) is 0.0492. The van der Waals surface area contributed by atoms with Gasteiger partial charge in [-0.05, 0) is 48.7 Å². The largest absolute Gasteiger partial charge is 0.416 e. The summed E-state index contributed by atoms with van der Waals surface area (Å²) >= 11 is 3.41. The van der Waals surface area contributed by atoms with Crippen LogP contribution in [0.1, 0.15) is 36.4 Å². The Bertz CT molecular complexity index is 834. The smallest absolute Gasteiger partial charge is 0.360 e. The van der Waals surface area contributed by atoms with Gasteiger partial charge < -0.3 is 4.90 Å². The lowest BCUT2D eigenvalue weighted by molar-refractivity contribution is -0.137. The Kier molecular flexibility index (Phi) is 4.34. The molecule has 2 aromatic carbocycles. The molecule has 5 rings (SSSR count). The highest BCUT2D eigenvalue weighted by Gasteiger charge is 2.47. The molecule has 1 aliphatic carbocycles. The predicted molar refractivity (Wildman–Crippen MR) is 96.9 cm³/mol. The molecule has 1 saturated carbocycles. The Labute approximate surface area is 158 Å². The molecule has 6 heteroatoms. The van der Waals surface area contributed by atoms with Crippen molar-refractivity contribution >= 4 is 27.4 Å². The third-order valence-corrected chi connectivity index (χ3v) is 5.95. The number of benzene rings is 2. The van der Waals surface area contributed by atoms with E-state index in [2.05, 4.69) is 15.9 Å².